The highest BCUT2D eigenvalue weighted by molar-refractivity contribution is 7.99. The predicted octanol–water partition coefficient (Wildman–Crippen LogP) is 1.56. The van der Waals surface area contributed by atoms with Crippen molar-refractivity contribution < 1.29 is 9.53 Å². The van der Waals surface area contributed by atoms with Gasteiger partial charge < -0.3 is 15.0 Å². The number of terminal acetylenes is 1. The van der Waals surface area contributed by atoms with Crippen LogP contribution >= 0.6 is 11.8 Å². The maximum Gasteiger partial charge on any atom is 0.317 e. The summed E-state index contributed by atoms with van der Waals surface area (Å²) in [4.78, 5) is 13.8. The number of ether oxygens (including phenoxy) is 1. The van der Waals surface area contributed by atoms with E-state index in [9.17, 15) is 4.79 Å². The summed E-state index contributed by atoms with van der Waals surface area (Å²) in [6.07, 6.45) is 6.06. The van der Waals surface area contributed by atoms with Crippen LogP contribution in [0.5, 0.6) is 0 Å². The van der Waals surface area contributed by atoms with E-state index in [1.54, 1.807) is 11.8 Å². The maximum atomic E-state index is 11.9. The van der Waals surface area contributed by atoms with E-state index in [-0.39, 0.29) is 11.6 Å². The van der Waals surface area contributed by atoms with Gasteiger partial charge in [-0.2, -0.15) is 0 Å². The molecule has 0 aromatic carbocycles. The number of nitrogens with one attached hydrogen (secondary N) is 1. The number of thioether (sulfide) groups is 1. The van der Waals surface area contributed by atoms with Gasteiger partial charge in [-0.25, -0.2) is 4.79 Å². The molecule has 0 aromatic rings. The fourth-order valence-corrected chi connectivity index (χ4v) is 2.30. The molecule has 1 fully saturated rings. The van der Waals surface area contributed by atoms with E-state index in [1.807, 2.05) is 4.90 Å². The van der Waals surface area contributed by atoms with Gasteiger partial charge in [-0.15, -0.1) is 18.2 Å². The molecule has 1 aliphatic heterocycles. The lowest BCUT2D eigenvalue weighted by molar-refractivity contribution is -0.0872. The topological polar surface area (TPSA) is 41.6 Å². The Morgan fingerprint density at radius 3 is 3.11 bits per heavy atom. The van der Waals surface area contributed by atoms with Crippen molar-refractivity contribution in [1.82, 2.24) is 10.2 Å². The summed E-state index contributed by atoms with van der Waals surface area (Å²) in [6.45, 7) is 6.73. The number of hydrogen-bond acceptors (Lipinski definition) is 3. The number of amides is 2. The van der Waals surface area contributed by atoms with Gasteiger partial charge in [0.05, 0.1) is 24.5 Å². The smallest absolute Gasteiger partial charge is 0.317 e. The quantitative estimate of drug-likeness (QED) is 0.609. The van der Waals surface area contributed by atoms with Crippen molar-refractivity contribution in [3.05, 3.63) is 0 Å². The number of rotatable bonds is 5. The van der Waals surface area contributed by atoms with Crippen LogP contribution in [0, 0.1) is 12.3 Å². The number of urea groups is 1. The van der Waals surface area contributed by atoms with Crippen molar-refractivity contribution in [1.29, 1.82) is 0 Å². The van der Waals surface area contributed by atoms with Gasteiger partial charge in [0.25, 0.3) is 0 Å². The average molecular weight is 270 g/mol. The van der Waals surface area contributed by atoms with Gasteiger partial charge in [0.15, 0.2) is 0 Å². The van der Waals surface area contributed by atoms with E-state index in [0.29, 0.717) is 32.0 Å². The SMILES string of the molecule is C#CCSCCNC(=O)N1CCO[C@@](C)(CC)C1. The van der Waals surface area contributed by atoms with Crippen LogP contribution in [0.1, 0.15) is 20.3 Å². The third-order valence-corrected chi connectivity index (χ3v) is 3.94. The minimum atomic E-state index is -0.201. The first-order valence-electron chi connectivity index (χ1n) is 6.29. The predicted molar refractivity (Wildman–Crippen MR) is 75.8 cm³/mol. The van der Waals surface area contributed by atoms with Crippen LogP contribution in [0.3, 0.4) is 0 Å². The van der Waals surface area contributed by atoms with Crippen LogP contribution < -0.4 is 5.32 Å². The normalized spacial score (nSPS) is 23.5. The van der Waals surface area contributed by atoms with Gasteiger partial charge in [-0.1, -0.05) is 12.8 Å². The molecular weight excluding hydrogens is 248 g/mol. The molecule has 18 heavy (non-hydrogen) atoms. The number of nitrogens with zero attached hydrogens (tertiary/aromatic N) is 1. The summed E-state index contributed by atoms with van der Waals surface area (Å²) in [5.74, 6) is 4.11. The molecule has 0 unspecified atom stereocenters. The Hall–Kier alpha value is -0.860. The molecule has 102 valence electrons. The maximum absolute atomic E-state index is 11.9. The van der Waals surface area contributed by atoms with Crippen LogP contribution in [0.4, 0.5) is 4.79 Å². The standard InChI is InChI=1S/C13H22N2O2S/c1-4-9-18-10-6-14-12(16)15-7-8-17-13(3,5-2)11-15/h1H,5-11H2,2-3H3,(H,14,16)/t13-/m0/s1. The van der Waals surface area contributed by atoms with Crippen LogP contribution in [-0.2, 0) is 4.74 Å². The Labute approximate surface area is 114 Å². The van der Waals surface area contributed by atoms with Crippen LogP contribution in [-0.4, -0.2) is 54.3 Å². The molecule has 1 N–H and O–H groups in total. The fraction of sp³-hybridized carbons (Fsp3) is 0.769. The van der Waals surface area contributed by atoms with Crippen molar-refractivity contribution in [2.75, 3.05) is 37.7 Å². The van der Waals surface area contributed by atoms with Crippen LogP contribution in [0.25, 0.3) is 0 Å². The summed E-state index contributed by atoms with van der Waals surface area (Å²) in [5.41, 5.74) is -0.201. The summed E-state index contributed by atoms with van der Waals surface area (Å²) >= 11 is 1.65. The number of carbonyl (C=O) groups excluding carboxylic acids is 1. The molecule has 1 aliphatic rings. The molecule has 2 amide bonds. The van der Waals surface area contributed by atoms with Crippen molar-refractivity contribution in [3.63, 3.8) is 0 Å². The number of hydrogen-bond donors (Lipinski definition) is 1. The van der Waals surface area contributed by atoms with Crippen molar-refractivity contribution in [2.45, 2.75) is 25.9 Å². The monoisotopic (exact) mass is 270 g/mol. The first kappa shape index (κ1) is 15.2. The molecule has 0 spiro atoms. The summed E-state index contributed by atoms with van der Waals surface area (Å²) in [7, 11) is 0. The molecule has 1 saturated heterocycles. The van der Waals surface area contributed by atoms with Crippen LogP contribution in [0.2, 0.25) is 0 Å². The highest BCUT2D eigenvalue weighted by atomic mass is 32.2. The van der Waals surface area contributed by atoms with Gasteiger partial charge in [0.1, 0.15) is 0 Å². The molecular formula is C13H22N2O2S. The lowest BCUT2D eigenvalue weighted by Gasteiger charge is -2.39. The molecule has 4 nitrogen and oxygen atoms in total. The van der Waals surface area contributed by atoms with E-state index >= 15 is 0 Å². The molecule has 1 heterocycles. The van der Waals surface area contributed by atoms with E-state index in [1.165, 1.54) is 0 Å². The van der Waals surface area contributed by atoms with Gasteiger partial charge in [0, 0.05) is 18.8 Å². The highest BCUT2D eigenvalue weighted by Gasteiger charge is 2.32. The van der Waals surface area contributed by atoms with Crippen molar-refractivity contribution >= 4 is 17.8 Å². The summed E-state index contributed by atoms with van der Waals surface area (Å²) in [5, 5.41) is 2.92. The lowest BCUT2D eigenvalue weighted by Crippen LogP contribution is -2.54. The molecule has 1 rings (SSSR count). The molecule has 0 radical (unpaired) electrons. The molecule has 0 saturated carbocycles. The average Bonchev–Trinajstić information content (AvgIpc) is 2.38. The van der Waals surface area contributed by atoms with Crippen molar-refractivity contribution in [2.24, 2.45) is 0 Å². The second kappa shape index (κ2) is 7.55. The Morgan fingerprint density at radius 2 is 2.44 bits per heavy atom. The van der Waals surface area contributed by atoms with E-state index in [0.717, 1.165) is 12.2 Å². The number of carbonyl (C=O) groups is 1. The van der Waals surface area contributed by atoms with Gasteiger partial charge in [0.2, 0.25) is 0 Å². The molecule has 5 heteroatoms. The van der Waals surface area contributed by atoms with Gasteiger partial charge >= 0.3 is 6.03 Å². The zero-order valence-electron chi connectivity index (χ0n) is 11.2. The van der Waals surface area contributed by atoms with Crippen LogP contribution in [0.15, 0.2) is 0 Å². The van der Waals surface area contributed by atoms with Crippen molar-refractivity contribution in [3.8, 4) is 12.3 Å². The van der Waals surface area contributed by atoms with E-state index < -0.39 is 0 Å². The Morgan fingerprint density at radius 1 is 1.67 bits per heavy atom. The van der Waals surface area contributed by atoms with Gasteiger partial charge in [-0.3, -0.25) is 0 Å². The largest absolute Gasteiger partial charge is 0.372 e. The Kier molecular flexibility index (Phi) is 6.37. The summed E-state index contributed by atoms with van der Waals surface area (Å²) in [6, 6.07) is -0.000664. The molecule has 0 aliphatic carbocycles. The summed E-state index contributed by atoms with van der Waals surface area (Å²) < 4.78 is 5.70. The van der Waals surface area contributed by atoms with Gasteiger partial charge in [-0.05, 0) is 13.3 Å². The second-order valence-electron chi connectivity index (χ2n) is 4.56. The fourth-order valence-electron chi connectivity index (χ4n) is 1.79. The zero-order valence-corrected chi connectivity index (χ0v) is 12.0. The molecule has 1 atom stereocenters. The first-order chi connectivity index (χ1) is 8.61. The Balaban J connectivity index is 2.27. The molecule has 0 bridgehead atoms. The molecule has 0 aromatic heterocycles. The third kappa shape index (κ3) is 4.79. The Bertz CT molecular complexity index is 317. The minimum Gasteiger partial charge on any atom is -0.372 e. The van der Waals surface area contributed by atoms with E-state index in [4.69, 9.17) is 11.2 Å². The highest BCUT2D eigenvalue weighted by Crippen LogP contribution is 2.20. The first-order valence-corrected chi connectivity index (χ1v) is 7.45. The minimum absolute atomic E-state index is 0.000664. The lowest BCUT2D eigenvalue weighted by atomic mass is 10.0. The third-order valence-electron chi connectivity index (χ3n) is 3.08. The zero-order chi connectivity index (χ0) is 13.4. The number of morpholine rings is 1. The van der Waals surface area contributed by atoms with E-state index in [2.05, 4.69) is 25.1 Å². The second-order valence-corrected chi connectivity index (χ2v) is 5.67.